The minimum absolute atomic E-state index is 0.0901. The molecule has 0 aromatic carbocycles. The number of aliphatic hydroxyl groups is 1. The lowest BCUT2D eigenvalue weighted by Crippen LogP contribution is -2.53. The molecule has 0 aromatic rings. The van der Waals surface area contributed by atoms with E-state index in [1.54, 1.807) is 0 Å². The molecule has 4 aliphatic rings. The number of esters is 1. The maximum absolute atomic E-state index is 12.3. The molecule has 27 heavy (non-hydrogen) atoms. The number of allylic oxidation sites excluding steroid dienone is 1. The van der Waals surface area contributed by atoms with Gasteiger partial charge in [-0.15, -0.1) is 0 Å². The Morgan fingerprint density at radius 2 is 1.81 bits per heavy atom. The van der Waals surface area contributed by atoms with Gasteiger partial charge in [0, 0.05) is 0 Å². The number of hydrogen-bond acceptors (Lipinski definition) is 3. The molecule has 0 amide bonds. The summed E-state index contributed by atoms with van der Waals surface area (Å²) >= 11 is 0. The monoisotopic (exact) mass is 374 g/mol. The van der Waals surface area contributed by atoms with E-state index in [4.69, 9.17) is 4.74 Å². The van der Waals surface area contributed by atoms with Gasteiger partial charge >= 0.3 is 5.97 Å². The van der Waals surface area contributed by atoms with Gasteiger partial charge in [0.15, 0.2) is 0 Å². The molecular weight excluding hydrogens is 336 g/mol. The molecule has 3 heteroatoms. The number of methoxy groups -OCH3 is 1. The normalized spacial score (nSPS) is 46.7. The van der Waals surface area contributed by atoms with Gasteiger partial charge in [0.1, 0.15) is 0 Å². The summed E-state index contributed by atoms with van der Waals surface area (Å²) in [5.74, 6) is 2.84. The standard InChI is InChI=1S/C24H38O3/c1-22(2,21(26)27-5)15-10-12-23(3)16(14-15)6-7-17-18-8-9-20(25)24(18,4)13-11-19(17)23/h10,16-20,25H,6-9,11-14H2,1-5H3. The molecule has 152 valence electrons. The van der Waals surface area contributed by atoms with Crippen LogP contribution in [0, 0.1) is 39.9 Å². The van der Waals surface area contributed by atoms with E-state index in [1.807, 2.05) is 13.8 Å². The highest BCUT2D eigenvalue weighted by atomic mass is 16.5. The topological polar surface area (TPSA) is 46.5 Å². The van der Waals surface area contributed by atoms with Crippen molar-refractivity contribution in [3.8, 4) is 0 Å². The van der Waals surface area contributed by atoms with Crippen LogP contribution in [0.2, 0.25) is 0 Å². The van der Waals surface area contributed by atoms with E-state index in [1.165, 1.54) is 44.8 Å². The van der Waals surface area contributed by atoms with Crippen LogP contribution in [0.4, 0.5) is 0 Å². The van der Waals surface area contributed by atoms with Crippen LogP contribution in [0.1, 0.15) is 79.1 Å². The molecule has 1 N–H and O–H groups in total. The summed E-state index contributed by atoms with van der Waals surface area (Å²) in [6.45, 7) is 8.93. The molecule has 3 fully saturated rings. The van der Waals surface area contributed by atoms with Gasteiger partial charge in [-0.25, -0.2) is 0 Å². The Balaban J connectivity index is 1.59. The van der Waals surface area contributed by atoms with Crippen molar-refractivity contribution in [1.82, 2.24) is 0 Å². The first-order valence-electron chi connectivity index (χ1n) is 11.1. The van der Waals surface area contributed by atoms with Gasteiger partial charge in [-0.1, -0.05) is 25.5 Å². The molecule has 0 aliphatic heterocycles. The molecule has 0 radical (unpaired) electrons. The van der Waals surface area contributed by atoms with Crippen LogP contribution in [-0.2, 0) is 9.53 Å². The lowest BCUT2D eigenvalue weighted by Gasteiger charge is -2.60. The van der Waals surface area contributed by atoms with Gasteiger partial charge in [0.05, 0.1) is 18.6 Å². The smallest absolute Gasteiger partial charge is 0.315 e. The number of rotatable bonds is 2. The fourth-order valence-corrected chi connectivity index (χ4v) is 7.75. The summed E-state index contributed by atoms with van der Waals surface area (Å²) in [6, 6.07) is 0. The van der Waals surface area contributed by atoms with Crippen LogP contribution < -0.4 is 0 Å². The second-order valence-electron chi connectivity index (χ2n) is 11.0. The first kappa shape index (κ1) is 19.5. The summed E-state index contributed by atoms with van der Waals surface area (Å²) in [7, 11) is 1.50. The number of fused-ring (bicyclic) bond motifs is 5. The van der Waals surface area contributed by atoms with Crippen molar-refractivity contribution >= 4 is 5.97 Å². The molecule has 0 spiro atoms. The minimum atomic E-state index is -0.506. The largest absolute Gasteiger partial charge is 0.468 e. The average molecular weight is 375 g/mol. The molecule has 0 saturated heterocycles. The first-order valence-corrected chi connectivity index (χ1v) is 11.1. The first-order chi connectivity index (χ1) is 12.6. The Hall–Kier alpha value is -0.830. The molecule has 7 atom stereocenters. The van der Waals surface area contributed by atoms with E-state index >= 15 is 0 Å². The van der Waals surface area contributed by atoms with Gasteiger partial charge in [-0.3, -0.25) is 4.79 Å². The third kappa shape index (κ3) is 2.67. The van der Waals surface area contributed by atoms with Crippen molar-refractivity contribution in [2.45, 2.75) is 85.2 Å². The van der Waals surface area contributed by atoms with Crippen molar-refractivity contribution in [3.63, 3.8) is 0 Å². The van der Waals surface area contributed by atoms with Crippen LogP contribution in [0.15, 0.2) is 11.6 Å². The lowest BCUT2D eigenvalue weighted by molar-refractivity contribution is -0.149. The van der Waals surface area contributed by atoms with Gasteiger partial charge < -0.3 is 9.84 Å². The average Bonchev–Trinajstić information content (AvgIpc) is 2.95. The predicted octanol–water partition coefficient (Wildman–Crippen LogP) is 5.13. The minimum Gasteiger partial charge on any atom is -0.468 e. The third-order valence-corrected chi connectivity index (χ3v) is 9.77. The number of hydrogen-bond donors (Lipinski definition) is 1. The maximum Gasteiger partial charge on any atom is 0.315 e. The summed E-state index contributed by atoms with van der Waals surface area (Å²) < 4.78 is 5.08. The van der Waals surface area contributed by atoms with Crippen molar-refractivity contribution in [2.24, 2.45) is 39.9 Å². The summed E-state index contributed by atoms with van der Waals surface area (Å²) in [6.07, 6.45) is 11.7. The molecular formula is C24H38O3. The highest BCUT2D eigenvalue weighted by molar-refractivity contribution is 5.79. The van der Waals surface area contributed by atoms with Crippen LogP contribution in [0.3, 0.4) is 0 Å². The quantitative estimate of drug-likeness (QED) is 0.539. The van der Waals surface area contributed by atoms with Gasteiger partial charge in [0.25, 0.3) is 0 Å². The number of carbonyl (C=O) groups excluding carboxylic acids is 1. The zero-order valence-electron chi connectivity index (χ0n) is 17.9. The van der Waals surface area contributed by atoms with Crippen LogP contribution in [-0.4, -0.2) is 24.3 Å². The summed E-state index contributed by atoms with van der Waals surface area (Å²) in [5, 5.41) is 10.6. The van der Waals surface area contributed by atoms with E-state index in [0.29, 0.717) is 17.3 Å². The zero-order valence-corrected chi connectivity index (χ0v) is 17.9. The predicted molar refractivity (Wildman–Crippen MR) is 107 cm³/mol. The lowest BCUT2D eigenvalue weighted by atomic mass is 9.45. The Labute approximate surface area is 164 Å². The molecule has 0 heterocycles. The number of aliphatic hydroxyl groups excluding tert-OH is 1. The van der Waals surface area contributed by atoms with E-state index < -0.39 is 5.41 Å². The number of carbonyl (C=O) groups is 1. The van der Waals surface area contributed by atoms with E-state index in [-0.39, 0.29) is 17.5 Å². The van der Waals surface area contributed by atoms with Gasteiger partial charge in [0.2, 0.25) is 0 Å². The van der Waals surface area contributed by atoms with E-state index in [0.717, 1.165) is 31.1 Å². The highest BCUT2D eigenvalue weighted by Crippen LogP contribution is 2.66. The number of ether oxygens (including phenoxy) is 1. The summed E-state index contributed by atoms with van der Waals surface area (Å²) in [5.41, 5.74) is 1.29. The Morgan fingerprint density at radius 3 is 2.52 bits per heavy atom. The van der Waals surface area contributed by atoms with Gasteiger partial charge in [-0.2, -0.15) is 0 Å². The van der Waals surface area contributed by atoms with E-state index in [9.17, 15) is 9.90 Å². The molecule has 7 unspecified atom stereocenters. The van der Waals surface area contributed by atoms with Crippen molar-refractivity contribution < 1.29 is 14.6 Å². The van der Waals surface area contributed by atoms with E-state index in [2.05, 4.69) is 19.9 Å². The Morgan fingerprint density at radius 1 is 1.11 bits per heavy atom. The van der Waals surface area contributed by atoms with Gasteiger partial charge in [-0.05, 0) is 99.7 Å². The fraction of sp³-hybridized carbons (Fsp3) is 0.875. The molecule has 3 saturated carbocycles. The van der Waals surface area contributed by atoms with Crippen LogP contribution in [0.5, 0.6) is 0 Å². The Bertz CT molecular complexity index is 650. The third-order valence-electron chi connectivity index (χ3n) is 9.77. The molecule has 0 aromatic heterocycles. The van der Waals surface area contributed by atoms with Crippen molar-refractivity contribution in [1.29, 1.82) is 0 Å². The molecule has 4 aliphatic carbocycles. The fourth-order valence-electron chi connectivity index (χ4n) is 7.75. The molecule has 0 bridgehead atoms. The second kappa shape index (κ2) is 6.34. The second-order valence-corrected chi connectivity index (χ2v) is 11.0. The molecule has 3 nitrogen and oxygen atoms in total. The van der Waals surface area contributed by atoms with Crippen molar-refractivity contribution in [2.75, 3.05) is 7.11 Å². The SMILES string of the molecule is COC(=O)C(C)(C)C1=CCC2(C)C(CCC3C4CCC(O)C4(C)CCC32)C1. The highest BCUT2D eigenvalue weighted by Gasteiger charge is 2.59. The Kier molecular flexibility index (Phi) is 4.57. The maximum atomic E-state index is 12.3. The molecule has 4 rings (SSSR count). The van der Waals surface area contributed by atoms with Crippen LogP contribution in [0.25, 0.3) is 0 Å². The zero-order chi connectivity index (χ0) is 19.6. The van der Waals surface area contributed by atoms with Crippen molar-refractivity contribution in [3.05, 3.63) is 11.6 Å². The van der Waals surface area contributed by atoms with Crippen LogP contribution >= 0.6 is 0 Å². The summed E-state index contributed by atoms with van der Waals surface area (Å²) in [4.78, 5) is 12.3.